The highest BCUT2D eigenvalue weighted by Crippen LogP contribution is 2.35. The molecule has 0 bridgehead atoms. The van der Waals surface area contributed by atoms with Crippen molar-refractivity contribution >= 4 is 34.9 Å². The van der Waals surface area contributed by atoms with Crippen molar-refractivity contribution in [2.24, 2.45) is 0 Å². The number of carbonyl (C=O) groups is 2. The number of benzene rings is 1. The quantitative estimate of drug-likeness (QED) is 0.348. The van der Waals surface area contributed by atoms with Gasteiger partial charge in [0.1, 0.15) is 5.54 Å². The zero-order valence-electron chi connectivity index (χ0n) is 13.6. The molecule has 1 aliphatic carbocycles. The molecule has 0 radical (unpaired) electrons. The van der Waals surface area contributed by atoms with E-state index in [0.717, 1.165) is 12.8 Å². The first kappa shape index (κ1) is 17.5. The van der Waals surface area contributed by atoms with Crippen molar-refractivity contribution in [1.29, 1.82) is 0 Å². The molecular formula is C16H19ClN4O4. The molecule has 1 aromatic rings. The van der Waals surface area contributed by atoms with Crippen LogP contribution in [0.3, 0.4) is 0 Å². The van der Waals surface area contributed by atoms with Crippen LogP contribution in [0.15, 0.2) is 18.2 Å². The molecule has 1 saturated heterocycles. The number of imide groups is 1. The van der Waals surface area contributed by atoms with Crippen LogP contribution >= 0.6 is 11.6 Å². The highest BCUT2D eigenvalue weighted by atomic mass is 35.5. The monoisotopic (exact) mass is 366 g/mol. The van der Waals surface area contributed by atoms with Crippen LogP contribution in [0.1, 0.15) is 32.1 Å². The zero-order valence-corrected chi connectivity index (χ0v) is 14.3. The molecule has 1 aromatic carbocycles. The maximum Gasteiger partial charge on any atom is 0.325 e. The number of nitro groups is 1. The van der Waals surface area contributed by atoms with E-state index in [-0.39, 0.29) is 22.6 Å². The molecule has 25 heavy (non-hydrogen) atoms. The van der Waals surface area contributed by atoms with E-state index in [1.165, 1.54) is 17.0 Å². The van der Waals surface area contributed by atoms with Crippen LogP contribution in [-0.2, 0) is 4.79 Å². The van der Waals surface area contributed by atoms with Crippen molar-refractivity contribution in [2.75, 3.05) is 18.4 Å². The van der Waals surface area contributed by atoms with Crippen molar-refractivity contribution in [3.05, 3.63) is 33.3 Å². The third-order valence-corrected chi connectivity index (χ3v) is 5.05. The van der Waals surface area contributed by atoms with Crippen molar-refractivity contribution in [1.82, 2.24) is 10.2 Å². The lowest BCUT2D eigenvalue weighted by molar-refractivity contribution is -0.384. The number of hydrogen-bond acceptors (Lipinski definition) is 5. The predicted molar refractivity (Wildman–Crippen MR) is 92.7 cm³/mol. The van der Waals surface area contributed by atoms with E-state index < -0.39 is 10.5 Å². The van der Waals surface area contributed by atoms with Gasteiger partial charge in [0.2, 0.25) is 0 Å². The molecule has 0 unspecified atom stereocenters. The number of hydrogen-bond donors (Lipinski definition) is 2. The summed E-state index contributed by atoms with van der Waals surface area (Å²) < 4.78 is 0. The third-order valence-electron chi connectivity index (χ3n) is 4.74. The number of carbonyl (C=O) groups excluding carboxylic acids is 2. The molecule has 1 saturated carbocycles. The van der Waals surface area contributed by atoms with E-state index in [1.807, 2.05) is 0 Å². The molecule has 0 aromatic heterocycles. The molecule has 0 atom stereocenters. The second-order valence-electron chi connectivity index (χ2n) is 6.38. The number of nitrogens with one attached hydrogen (secondary N) is 2. The van der Waals surface area contributed by atoms with Gasteiger partial charge in [0.15, 0.2) is 0 Å². The second-order valence-corrected chi connectivity index (χ2v) is 6.78. The summed E-state index contributed by atoms with van der Waals surface area (Å²) in [7, 11) is 0. The van der Waals surface area contributed by atoms with Gasteiger partial charge in [0.05, 0.1) is 15.6 Å². The molecule has 1 heterocycles. The first-order chi connectivity index (χ1) is 11.9. The summed E-state index contributed by atoms with van der Waals surface area (Å²) in [6.45, 7) is 0.811. The van der Waals surface area contributed by atoms with E-state index >= 15 is 0 Å². The van der Waals surface area contributed by atoms with Crippen LogP contribution in [-0.4, -0.2) is 40.4 Å². The van der Waals surface area contributed by atoms with Gasteiger partial charge in [-0.2, -0.15) is 0 Å². The van der Waals surface area contributed by atoms with Crippen molar-refractivity contribution in [3.63, 3.8) is 0 Å². The topological polar surface area (TPSA) is 105 Å². The molecule has 8 nitrogen and oxygen atoms in total. The Balaban J connectivity index is 1.51. The largest absolute Gasteiger partial charge is 0.384 e. The van der Waals surface area contributed by atoms with Crippen LogP contribution in [0.25, 0.3) is 0 Å². The van der Waals surface area contributed by atoms with E-state index in [2.05, 4.69) is 10.6 Å². The van der Waals surface area contributed by atoms with Gasteiger partial charge in [-0.05, 0) is 25.3 Å². The molecule has 3 amide bonds. The Morgan fingerprint density at radius 2 is 2.04 bits per heavy atom. The van der Waals surface area contributed by atoms with Crippen LogP contribution in [0, 0.1) is 10.1 Å². The number of halogens is 1. The number of nitrogens with zero attached hydrogens (tertiary/aromatic N) is 2. The Labute approximate surface area is 149 Å². The molecule has 134 valence electrons. The van der Waals surface area contributed by atoms with Gasteiger partial charge in [-0.15, -0.1) is 0 Å². The summed E-state index contributed by atoms with van der Waals surface area (Å²) in [5, 5.41) is 16.9. The first-order valence-electron chi connectivity index (χ1n) is 8.25. The van der Waals surface area contributed by atoms with E-state index in [0.29, 0.717) is 38.0 Å². The Kier molecular flexibility index (Phi) is 4.80. The second kappa shape index (κ2) is 6.87. The predicted octanol–water partition coefficient (Wildman–Crippen LogP) is 2.91. The molecule has 2 aliphatic rings. The highest BCUT2D eigenvalue weighted by Gasteiger charge is 2.51. The van der Waals surface area contributed by atoms with E-state index in [4.69, 9.17) is 11.6 Å². The Morgan fingerprint density at radius 1 is 1.32 bits per heavy atom. The number of anilines is 1. The van der Waals surface area contributed by atoms with E-state index in [9.17, 15) is 19.7 Å². The normalized spacial score (nSPS) is 18.7. The maximum atomic E-state index is 12.5. The molecule has 2 N–H and O–H groups in total. The van der Waals surface area contributed by atoms with Gasteiger partial charge < -0.3 is 10.6 Å². The van der Waals surface area contributed by atoms with Gasteiger partial charge in [0, 0.05) is 25.2 Å². The average molecular weight is 367 g/mol. The lowest BCUT2D eigenvalue weighted by Crippen LogP contribution is -2.44. The average Bonchev–Trinajstić information content (AvgIpc) is 3.12. The summed E-state index contributed by atoms with van der Waals surface area (Å²) >= 11 is 6.01. The number of nitro benzene ring substituents is 1. The van der Waals surface area contributed by atoms with E-state index in [1.54, 1.807) is 6.07 Å². The fourth-order valence-electron chi connectivity index (χ4n) is 3.42. The SMILES string of the molecule is O=C1NC2(CCCC2)C(=O)N1CCCNc1ccc([N+](=O)[O-])cc1Cl. The van der Waals surface area contributed by atoms with Gasteiger partial charge in [-0.1, -0.05) is 24.4 Å². The summed E-state index contributed by atoms with van der Waals surface area (Å²) in [6, 6.07) is 3.88. The summed E-state index contributed by atoms with van der Waals surface area (Å²) in [4.78, 5) is 36.0. The Bertz CT molecular complexity index is 718. The minimum absolute atomic E-state index is 0.0725. The maximum absolute atomic E-state index is 12.5. The van der Waals surface area contributed by atoms with Crippen molar-refractivity contribution in [2.45, 2.75) is 37.6 Å². The van der Waals surface area contributed by atoms with Gasteiger partial charge in [0.25, 0.3) is 11.6 Å². The summed E-state index contributed by atoms with van der Waals surface area (Å²) in [6.07, 6.45) is 3.90. The minimum atomic E-state index is -0.674. The molecular weight excluding hydrogens is 348 g/mol. The smallest absolute Gasteiger partial charge is 0.325 e. The van der Waals surface area contributed by atoms with Gasteiger partial charge >= 0.3 is 6.03 Å². The molecule has 1 spiro atoms. The number of urea groups is 1. The van der Waals surface area contributed by atoms with Gasteiger partial charge in [-0.3, -0.25) is 19.8 Å². The van der Waals surface area contributed by atoms with Crippen LogP contribution < -0.4 is 10.6 Å². The van der Waals surface area contributed by atoms with Crippen molar-refractivity contribution in [3.8, 4) is 0 Å². The minimum Gasteiger partial charge on any atom is -0.384 e. The molecule has 2 fully saturated rings. The zero-order chi connectivity index (χ0) is 18.0. The lowest BCUT2D eigenvalue weighted by atomic mass is 9.98. The summed E-state index contributed by atoms with van der Waals surface area (Å²) in [5.41, 5.74) is -0.167. The van der Waals surface area contributed by atoms with Crippen LogP contribution in [0.5, 0.6) is 0 Å². The highest BCUT2D eigenvalue weighted by molar-refractivity contribution is 6.33. The first-order valence-corrected chi connectivity index (χ1v) is 8.63. The number of non-ortho nitro benzene ring substituents is 1. The van der Waals surface area contributed by atoms with Crippen molar-refractivity contribution < 1.29 is 14.5 Å². The Hall–Kier alpha value is -2.35. The standard InChI is InChI=1S/C16H19ClN4O4/c17-12-10-11(21(24)25)4-5-13(12)18-8-3-9-20-14(22)16(19-15(20)23)6-1-2-7-16/h4-5,10,18H,1-3,6-9H2,(H,19,23). The van der Waals surface area contributed by atoms with Gasteiger partial charge in [-0.25, -0.2) is 4.79 Å². The third kappa shape index (κ3) is 3.39. The van der Waals surface area contributed by atoms with Crippen LogP contribution in [0.4, 0.5) is 16.2 Å². The molecule has 9 heteroatoms. The summed E-state index contributed by atoms with van der Waals surface area (Å²) in [5.74, 6) is -0.122. The Morgan fingerprint density at radius 3 is 2.68 bits per heavy atom. The number of rotatable bonds is 6. The van der Waals surface area contributed by atoms with Crippen LogP contribution in [0.2, 0.25) is 5.02 Å². The fourth-order valence-corrected chi connectivity index (χ4v) is 3.66. The number of amides is 3. The fraction of sp³-hybridized carbons (Fsp3) is 0.500. The lowest BCUT2D eigenvalue weighted by Gasteiger charge is -2.20. The molecule has 3 rings (SSSR count). The molecule has 1 aliphatic heterocycles.